The van der Waals surface area contributed by atoms with Crippen LogP contribution in [0.1, 0.15) is 6.42 Å². The molecule has 0 bridgehead atoms. The molecule has 0 spiro atoms. The second kappa shape index (κ2) is 7.49. The van der Waals surface area contributed by atoms with E-state index in [1.54, 1.807) is 0 Å². The monoisotopic (exact) mass is 342 g/mol. The highest BCUT2D eigenvalue weighted by molar-refractivity contribution is 7.89. The summed E-state index contributed by atoms with van der Waals surface area (Å²) in [5.41, 5.74) is -0.470. The fraction of sp³-hybridized carbons (Fsp3) is 0.462. The lowest BCUT2D eigenvalue weighted by atomic mass is 10.3. The Morgan fingerprint density at radius 2 is 1.87 bits per heavy atom. The van der Waals surface area contributed by atoms with Crippen molar-refractivity contribution < 1.29 is 18.1 Å². The van der Waals surface area contributed by atoms with E-state index in [1.165, 1.54) is 18.2 Å². The lowest BCUT2D eigenvalue weighted by molar-refractivity contribution is -0.387. The Morgan fingerprint density at radius 3 is 2.61 bits per heavy atom. The van der Waals surface area contributed by atoms with Gasteiger partial charge >= 0.3 is 0 Å². The molecule has 126 valence electrons. The van der Waals surface area contributed by atoms with E-state index in [0.29, 0.717) is 19.6 Å². The van der Waals surface area contributed by atoms with E-state index in [-0.39, 0.29) is 30.3 Å². The number of amides is 1. The highest BCUT2D eigenvalue weighted by Gasteiger charge is 2.31. The van der Waals surface area contributed by atoms with Gasteiger partial charge in [-0.15, -0.1) is 0 Å². The van der Waals surface area contributed by atoms with Gasteiger partial charge < -0.3 is 10.6 Å². The second-order valence-corrected chi connectivity index (χ2v) is 6.89. The Balaban J connectivity index is 2.32. The first-order chi connectivity index (χ1) is 10.9. The van der Waals surface area contributed by atoms with Crippen molar-refractivity contribution in [2.24, 2.45) is 0 Å². The smallest absolute Gasteiger partial charge is 0.289 e. The van der Waals surface area contributed by atoms with E-state index in [2.05, 4.69) is 10.6 Å². The molecule has 0 unspecified atom stereocenters. The molecule has 2 N–H and O–H groups in total. The van der Waals surface area contributed by atoms with Crippen LogP contribution >= 0.6 is 0 Å². The van der Waals surface area contributed by atoms with Gasteiger partial charge in [0.2, 0.25) is 15.9 Å². The highest BCUT2D eigenvalue weighted by atomic mass is 32.2. The number of carbonyl (C=O) groups is 1. The number of nitro groups is 1. The second-order valence-electron chi connectivity index (χ2n) is 4.98. The van der Waals surface area contributed by atoms with Gasteiger partial charge in [0.05, 0.1) is 4.92 Å². The zero-order valence-electron chi connectivity index (χ0n) is 12.4. The highest BCUT2D eigenvalue weighted by Crippen LogP contribution is 2.26. The van der Waals surface area contributed by atoms with Crippen molar-refractivity contribution in [3.63, 3.8) is 0 Å². The SMILES string of the molecule is O=C1CCN(S(=O)(=O)c2ccccc2[N+](=O)[O-])CCNCCN1. The molecule has 1 aromatic rings. The van der Waals surface area contributed by atoms with Crippen molar-refractivity contribution >= 4 is 21.6 Å². The average Bonchev–Trinajstić information content (AvgIpc) is 2.53. The molecule has 2 rings (SSSR count). The number of rotatable bonds is 3. The summed E-state index contributed by atoms with van der Waals surface area (Å²) < 4.78 is 26.6. The van der Waals surface area contributed by atoms with Gasteiger partial charge in [-0.05, 0) is 6.07 Å². The van der Waals surface area contributed by atoms with Crippen molar-refractivity contribution in [1.82, 2.24) is 14.9 Å². The molecule has 1 fully saturated rings. The minimum Gasteiger partial charge on any atom is -0.355 e. The van der Waals surface area contributed by atoms with Crippen LogP contribution in [-0.4, -0.2) is 56.3 Å². The summed E-state index contributed by atoms with van der Waals surface area (Å²) >= 11 is 0. The molecule has 1 aliphatic heterocycles. The number of benzene rings is 1. The number of para-hydroxylation sites is 1. The van der Waals surface area contributed by atoms with Crippen LogP contribution in [0.15, 0.2) is 29.2 Å². The average molecular weight is 342 g/mol. The predicted molar refractivity (Wildman–Crippen MR) is 82.4 cm³/mol. The molecular weight excluding hydrogens is 324 g/mol. The topological polar surface area (TPSA) is 122 Å². The molecule has 1 aromatic carbocycles. The van der Waals surface area contributed by atoms with Crippen molar-refractivity contribution in [1.29, 1.82) is 0 Å². The van der Waals surface area contributed by atoms with Crippen molar-refractivity contribution in [3.8, 4) is 0 Å². The lowest BCUT2D eigenvalue weighted by Crippen LogP contribution is -2.43. The van der Waals surface area contributed by atoms with Crippen LogP contribution in [0.25, 0.3) is 0 Å². The first-order valence-electron chi connectivity index (χ1n) is 7.14. The summed E-state index contributed by atoms with van der Waals surface area (Å²) in [4.78, 5) is 21.6. The maximum Gasteiger partial charge on any atom is 0.289 e. The summed E-state index contributed by atoms with van der Waals surface area (Å²) in [7, 11) is -4.06. The summed E-state index contributed by atoms with van der Waals surface area (Å²) in [6.07, 6.45) is 0.0138. The largest absolute Gasteiger partial charge is 0.355 e. The predicted octanol–water partition coefficient (Wildman–Crippen LogP) is -0.305. The molecule has 0 radical (unpaired) electrons. The van der Waals surface area contributed by atoms with Crippen LogP contribution in [0, 0.1) is 10.1 Å². The van der Waals surface area contributed by atoms with Gasteiger partial charge in [-0.25, -0.2) is 8.42 Å². The van der Waals surface area contributed by atoms with Crippen LogP contribution in [-0.2, 0) is 14.8 Å². The normalized spacial score (nSPS) is 18.2. The zero-order chi connectivity index (χ0) is 16.9. The maximum absolute atomic E-state index is 12.7. The van der Waals surface area contributed by atoms with Gasteiger partial charge in [0.25, 0.3) is 5.69 Å². The summed E-state index contributed by atoms with van der Waals surface area (Å²) in [6.45, 7) is 1.53. The van der Waals surface area contributed by atoms with E-state index in [4.69, 9.17) is 0 Å². The first kappa shape index (κ1) is 17.3. The molecule has 1 aliphatic rings. The number of hydrogen-bond acceptors (Lipinski definition) is 6. The molecule has 1 heterocycles. The molecule has 0 atom stereocenters. The molecular formula is C13H18N4O5S. The lowest BCUT2D eigenvalue weighted by Gasteiger charge is -2.23. The van der Waals surface area contributed by atoms with Crippen LogP contribution in [0.4, 0.5) is 5.69 Å². The summed E-state index contributed by atoms with van der Waals surface area (Å²) in [6, 6.07) is 5.21. The maximum atomic E-state index is 12.7. The Kier molecular flexibility index (Phi) is 5.64. The van der Waals surface area contributed by atoms with E-state index >= 15 is 0 Å². The minimum absolute atomic E-state index is 0.0138. The van der Waals surface area contributed by atoms with Crippen LogP contribution in [0.2, 0.25) is 0 Å². The number of nitrogens with zero attached hydrogens (tertiary/aromatic N) is 2. The Hall–Kier alpha value is -2.04. The van der Waals surface area contributed by atoms with Crippen LogP contribution < -0.4 is 10.6 Å². The van der Waals surface area contributed by atoms with Gasteiger partial charge in [-0.1, -0.05) is 12.1 Å². The van der Waals surface area contributed by atoms with Crippen molar-refractivity contribution in [3.05, 3.63) is 34.4 Å². The number of nitrogens with one attached hydrogen (secondary N) is 2. The Bertz CT molecular complexity index is 691. The molecule has 10 heteroatoms. The van der Waals surface area contributed by atoms with Gasteiger partial charge in [-0.3, -0.25) is 14.9 Å². The third-order valence-corrected chi connectivity index (χ3v) is 5.38. The molecule has 0 aromatic heterocycles. The quantitative estimate of drug-likeness (QED) is 0.574. The summed E-state index contributed by atoms with van der Waals surface area (Å²) in [5.74, 6) is -0.253. The standard InChI is InChI=1S/C13H18N4O5S/c18-13-5-9-16(10-8-14-6-7-15-13)23(21,22)12-4-2-1-3-11(12)17(19)20/h1-4,14H,5-10H2,(H,15,18). The van der Waals surface area contributed by atoms with Crippen molar-refractivity contribution in [2.45, 2.75) is 11.3 Å². The number of nitro benzene ring substituents is 1. The van der Waals surface area contributed by atoms with Crippen LogP contribution in [0.5, 0.6) is 0 Å². The third-order valence-electron chi connectivity index (χ3n) is 3.43. The zero-order valence-corrected chi connectivity index (χ0v) is 13.2. The molecule has 1 saturated heterocycles. The molecule has 0 saturated carbocycles. The number of sulfonamides is 1. The van der Waals surface area contributed by atoms with E-state index in [0.717, 1.165) is 10.4 Å². The first-order valence-corrected chi connectivity index (χ1v) is 8.58. The summed E-state index contributed by atoms with van der Waals surface area (Å²) in [5, 5.41) is 16.7. The fourth-order valence-electron chi connectivity index (χ4n) is 2.25. The fourth-order valence-corrected chi connectivity index (χ4v) is 3.85. The third kappa shape index (κ3) is 4.24. The minimum atomic E-state index is -4.06. The van der Waals surface area contributed by atoms with Gasteiger partial charge in [-0.2, -0.15) is 4.31 Å². The molecule has 0 aliphatic carbocycles. The number of carbonyl (C=O) groups excluding carboxylic acids is 1. The number of hydrogen-bond donors (Lipinski definition) is 2. The molecule has 1 amide bonds. The van der Waals surface area contributed by atoms with E-state index < -0.39 is 20.6 Å². The van der Waals surface area contributed by atoms with Crippen molar-refractivity contribution in [2.75, 3.05) is 32.7 Å². The Labute approximate surface area is 133 Å². The van der Waals surface area contributed by atoms with E-state index in [1.807, 2.05) is 0 Å². The van der Waals surface area contributed by atoms with E-state index in [9.17, 15) is 23.3 Å². The Morgan fingerprint density at radius 1 is 1.13 bits per heavy atom. The van der Waals surface area contributed by atoms with Gasteiger partial charge in [0, 0.05) is 45.2 Å². The van der Waals surface area contributed by atoms with Gasteiger partial charge in [0.1, 0.15) is 0 Å². The van der Waals surface area contributed by atoms with Crippen LogP contribution in [0.3, 0.4) is 0 Å². The van der Waals surface area contributed by atoms with Gasteiger partial charge in [0.15, 0.2) is 4.90 Å². The molecule has 23 heavy (non-hydrogen) atoms. The molecule has 9 nitrogen and oxygen atoms in total.